The van der Waals surface area contributed by atoms with E-state index in [0.717, 1.165) is 5.56 Å². The van der Waals surface area contributed by atoms with E-state index in [2.05, 4.69) is 38.3 Å². The van der Waals surface area contributed by atoms with Crippen molar-refractivity contribution in [2.75, 3.05) is 0 Å². The maximum absolute atomic E-state index is 12.8. The molecule has 1 rings (SSSR count). The number of nitrogens with one attached hydrogen (secondary N) is 1. The van der Waals surface area contributed by atoms with Crippen molar-refractivity contribution in [2.45, 2.75) is 150 Å². The number of rotatable bonds is 23. The minimum absolute atomic E-state index is 0.0875. The van der Waals surface area contributed by atoms with E-state index in [1.54, 1.807) is 0 Å². The van der Waals surface area contributed by atoms with Crippen LogP contribution in [0.3, 0.4) is 0 Å². The van der Waals surface area contributed by atoms with E-state index >= 15 is 0 Å². The second kappa shape index (κ2) is 21.5. The molecule has 0 saturated heterocycles. The zero-order valence-corrected chi connectivity index (χ0v) is 26.5. The van der Waals surface area contributed by atoms with Crippen LogP contribution in [0.5, 0.6) is 0 Å². The van der Waals surface area contributed by atoms with Crippen LogP contribution in [0.15, 0.2) is 24.3 Å². The maximum atomic E-state index is 12.8. The van der Waals surface area contributed by atoms with Gasteiger partial charge >= 0.3 is 223 Å². The number of hydrogen-bond donors (Lipinski definition) is 2. The van der Waals surface area contributed by atoms with Gasteiger partial charge in [0.15, 0.2) is 0 Å². The number of benzene rings is 1. The van der Waals surface area contributed by atoms with Gasteiger partial charge in [0.2, 0.25) is 0 Å². The first-order valence-corrected chi connectivity index (χ1v) is 22.7. The summed E-state index contributed by atoms with van der Waals surface area (Å²) in [6, 6.07) is 8.56. The van der Waals surface area contributed by atoms with Gasteiger partial charge in [0, 0.05) is 0 Å². The van der Waals surface area contributed by atoms with Crippen LogP contribution in [0.2, 0.25) is 13.3 Å². The molecule has 0 unspecified atom stereocenters. The van der Waals surface area contributed by atoms with E-state index in [1.165, 1.54) is 132 Å². The molecule has 3 N–H and O–H groups in total. The Bertz CT molecular complexity index is 608. The van der Waals surface area contributed by atoms with Crippen LogP contribution in [-0.4, -0.2) is 24.3 Å². The number of amides is 1. The van der Waals surface area contributed by atoms with Crippen LogP contribution < -0.4 is 14.8 Å². The van der Waals surface area contributed by atoms with Crippen LogP contribution >= 0.6 is 0 Å². The molecule has 0 aliphatic carbocycles. The molecule has 202 valence electrons. The fourth-order valence-corrected chi connectivity index (χ4v) is 21.6. The van der Waals surface area contributed by atoms with Crippen molar-refractivity contribution >= 4 is 27.9 Å². The summed E-state index contributed by atoms with van der Waals surface area (Å²) in [4.78, 5) is 12.8. The Morgan fingerprint density at radius 1 is 0.629 bits per heavy atom. The molecule has 0 fully saturated rings. The first-order valence-electron chi connectivity index (χ1n) is 15.3. The van der Waals surface area contributed by atoms with Gasteiger partial charge in [-0.15, -0.1) is 0 Å². The molecular formula is C31H58N2OSn. The number of unbranched alkanes of at least 4 members (excludes halogenated alkanes) is 15. The number of hydrazine groups is 1. The summed E-state index contributed by atoms with van der Waals surface area (Å²) < 4.78 is 5.67. The Hall–Kier alpha value is -0.551. The molecule has 35 heavy (non-hydrogen) atoms. The quantitative estimate of drug-likeness (QED) is 0.0438. The molecule has 4 heteroatoms. The van der Waals surface area contributed by atoms with E-state index in [-0.39, 0.29) is 5.91 Å². The first kappa shape index (κ1) is 32.5. The van der Waals surface area contributed by atoms with Crippen LogP contribution in [0.1, 0.15) is 147 Å². The number of nitrogen functional groups attached to an aromatic ring is 1. The summed E-state index contributed by atoms with van der Waals surface area (Å²) in [6.45, 7) is 6.88. The van der Waals surface area contributed by atoms with Gasteiger partial charge in [-0.2, -0.15) is 0 Å². The predicted molar refractivity (Wildman–Crippen MR) is 158 cm³/mol. The number of carbonyl (C=O) groups excluding carboxylic acids is 1. The Morgan fingerprint density at radius 2 is 1.00 bits per heavy atom. The molecule has 0 atom stereocenters. The third-order valence-corrected chi connectivity index (χ3v) is 23.6. The van der Waals surface area contributed by atoms with Crippen molar-refractivity contribution in [3.63, 3.8) is 0 Å². The normalized spacial score (nSPS) is 11.7. The summed E-state index contributed by atoms with van der Waals surface area (Å²) in [5.74, 6) is 5.56. The van der Waals surface area contributed by atoms with E-state index in [4.69, 9.17) is 5.84 Å². The van der Waals surface area contributed by atoms with Crippen LogP contribution in [0.4, 0.5) is 0 Å². The number of hydrogen-bond acceptors (Lipinski definition) is 2. The monoisotopic (exact) mass is 594 g/mol. The van der Waals surface area contributed by atoms with Gasteiger partial charge in [-0.25, -0.2) is 0 Å². The average molecular weight is 594 g/mol. The third-order valence-electron chi connectivity index (χ3n) is 7.90. The molecule has 0 radical (unpaired) electrons. The topological polar surface area (TPSA) is 55.1 Å². The minimum atomic E-state index is -2.79. The fourth-order valence-electron chi connectivity index (χ4n) is 5.73. The molecule has 1 aromatic rings. The van der Waals surface area contributed by atoms with Crippen molar-refractivity contribution in [1.82, 2.24) is 5.43 Å². The van der Waals surface area contributed by atoms with Crippen molar-refractivity contribution in [3.05, 3.63) is 29.8 Å². The molecule has 1 amide bonds. The summed E-state index contributed by atoms with van der Waals surface area (Å²) in [6.07, 6.45) is 24.4. The molecule has 1 aromatic carbocycles. The summed E-state index contributed by atoms with van der Waals surface area (Å²) >= 11 is -2.79. The number of carbonyl (C=O) groups is 1. The van der Waals surface area contributed by atoms with Crippen molar-refractivity contribution in [3.8, 4) is 0 Å². The zero-order chi connectivity index (χ0) is 25.6. The summed E-state index contributed by atoms with van der Waals surface area (Å²) in [5.41, 5.74) is 3.34. The summed E-state index contributed by atoms with van der Waals surface area (Å²) in [5, 5.41) is 0. The van der Waals surface area contributed by atoms with Gasteiger partial charge in [0.05, 0.1) is 0 Å². The fraction of sp³-hybridized carbons (Fsp3) is 0.774. The third kappa shape index (κ3) is 13.5. The van der Waals surface area contributed by atoms with Gasteiger partial charge in [-0.3, -0.25) is 0 Å². The molecule has 0 heterocycles. The Morgan fingerprint density at radius 3 is 1.40 bits per heavy atom. The van der Waals surface area contributed by atoms with Crippen molar-refractivity contribution in [2.24, 2.45) is 5.84 Å². The Balaban J connectivity index is 3.06. The van der Waals surface area contributed by atoms with Gasteiger partial charge < -0.3 is 0 Å². The first-order chi connectivity index (χ1) is 17.1. The van der Waals surface area contributed by atoms with Crippen LogP contribution in [-0.2, 0) is 0 Å². The average Bonchev–Trinajstić information content (AvgIpc) is 2.89. The van der Waals surface area contributed by atoms with Crippen molar-refractivity contribution < 1.29 is 4.79 Å². The predicted octanol–water partition coefficient (Wildman–Crippen LogP) is 9.03. The van der Waals surface area contributed by atoms with Crippen LogP contribution in [0, 0.1) is 0 Å². The van der Waals surface area contributed by atoms with E-state index in [1.807, 2.05) is 12.1 Å². The van der Waals surface area contributed by atoms with Gasteiger partial charge in [-0.05, 0) is 0 Å². The van der Waals surface area contributed by atoms with Gasteiger partial charge in [-0.1, -0.05) is 0 Å². The molecule has 0 spiro atoms. The Kier molecular flexibility index (Phi) is 20.0. The molecule has 0 aromatic heterocycles. The second-order valence-corrected chi connectivity index (χ2v) is 24.0. The van der Waals surface area contributed by atoms with Gasteiger partial charge in [0.25, 0.3) is 0 Å². The molecule has 0 aliphatic heterocycles. The van der Waals surface area contributed by atoms with E-state index in [9.17, 15) is 4.79 Å². The molecule has 0 bridgehead atoms. The summed E-state index contributed by atoms with van der Waals surface area (Å²) in [7, 11) is 0. The zero-order valence-electron chi connectivity index (χ0n) is 23.6. The van der Waals surface area contributed by atoms with Gasteiger partial charge in [0.1, 0.15) is 0 Å². The molecular weight excluding hydrogens is 535 g/mol. The SMILES string of the molecule is CCCCCCC[CH2][Sn]([CH2]CCCCCCC)([CH2]CCCCCCC)[c]1ccccc1C(=O)NN. The standard InChI is InChI=1S/3C8H17.C7H7N2O.Sn/c3*1-3-5-7-8-6-4-2;8-9-7(10)6-4-2-1-3-5-6;/h3*1,3-8H2,2H3;1-4H,8H2,(H,9,10);. The molecule has 3 nitrogen and oxygen atoms in total. The Labute approximate surface area is 222 Å². The van der Waals surface area contributed by atoms with Crippen molar-refractivity contribution in [1.29, 1.82) is 0 Å². The number of nitrogens with two attached hydrogens (primary N) is 1. The molecule has 0 aliphatic rings. The second-order valence-electron chi connectivity index (χ2n) is 10.9. The van der Waals surface area contributed by atoms with E-state index in [0.29, 0.717) is 0 Å². The van der Waals surface area contributed by atoms with E-state index < -0.39 is 18.4 Å². The molecule has 0 saturated carbocycles. The van der Waals surface area contributed by atoms with Crippen LogP contribution in [0.25, 0.3) is 0 Å².